The Bertz CT molecular complexity index is 704. The Morgan fingerprint density at radius 2 is 1.95 bits per heavy atom. The molecule has 12 nitrogen and oxygen atoms in total. The molecule has 2 heterocycles. The van der Waals surface area contributed by atoms with Gasteiger partial charge in [0.05, 0.1) is 12.3 Å². The topological polar surface area (TPSA) is 168 Å². The highest BCUT2D eigenvalue weighted by molar-refractivity contribution is 7.88. The second-order valence-corrected chi connectivity index (χ2v) is 7.77. The molecule has 3 amide bonds. The van der Waals surface area contributed by atoms with Gasteiger partial charge in [0.15, 0.2) is 0 Å². The molecule has 0 aliphatic carbocycles. The number of amides is 3. The molecule has 0 saturated carbocycles. The van der Waals surface area contributed by atoms with Crippen LogP contribution in [0, 0.1) is 0 Å². The maximum Gasteiger partial charge on any atom is 0.418 e. The fraction of sp³-hybridized carbons (Fsp3) is 0.750. The maximum atomic E-state index is 12.1. The first-order valence-electron chi connectivity index (χ1n) is 5.97. The highest BCUT2D eigenvalue weighted by Crippen LogP contribution is 2.31. The smallest absolute Gasteiger partial charge is 0.309 e. The summed E-state index contributed by atoms with van der Waals surface area (Å²) >= 11 is 0. The lowest BCUT2D eigenvalue weighted by molar-refractivity contribution is -0.131. The Labute approximate surface area is 126 Å². The molecule has 2 unspecified atom stereocenters. The molecule has 2 saturated heterocycles. The number of fused-ring (bicyclic) bond motifs is 2. The summed E-state index contributed by atoms with van der Waals surface area (Å²) < 4.78 is 56.9. The van der Waals surface area contributed by atoms with Gasteiger partial charge in [-0.3, -0.25) is 9.35 Å². The van der Waals surface area contributed by atoms with E-state index in [9.17, 15) is 26.4 Å². The largest absolute Gasteiger partial charge is 0.418 e. The third-order valence-electron chi connectivity index (χ3n) is 3.36. The van der Waals surface area contributed by atoms with Gasteiger partial charge in [0, 0.05) is 6.54 Å². The quantitative estimate of drug-likeness (QED) is 0.242. The van der Waals surface area contributed by atoms with Gasteiger partial charge in [-0.1, -0.05) is 0 Å². The zero-order chi connectivity index (χ0) is 16.9. The minimum atomic E-state index is -4.89. The summed E-state index contributed by atoms with van der Waals surface area (Å²) in [5.41, 5.74) is 0. The molecule has 2 rings (SSSR count). The van der Waals surface area contributed by atoms with Gasteiger partial charge in [-0.05, 0) is 12.8 Å². The van der Waals surface area contributed by atoms with Gasteiger partial charge in [0.25, 0.3) is 5.91 Å². The number of carbonyl (C=O) groups excluding carboxylic acids is 2. The maximum absolute atomic E-state index is 12.1. The molecule has 2 bridgehead atoms. The van der Waals surface area contributed by atoms with Crippen molar-refractivity contribution in [3.8, 4) is 0 Å². The summed E-state index contributed by atoms with van der Waals surface area (Å²) in [5.74, 6) is 4.20. The third-order valence-corrected chi connectivity index (χ3v) is 4.60. The predicted molar refractivity (Wildman–Crippen MR) is 69.3 cm³/mol. The SMILES string of the molecule is CS(=O)(=O)N(N)C(=O)C1CCC2CN1C(=O)N2OS(=O)(=O)O. The van der Waals surface area contributed by atoms with Crippen LogP contribution >= 0.6 is 0 Å². The molecule has 2 aliphatic heterocycles. The summed E-state index contributed by atoms with van der Waals surface area (Å²) in [4.78, 5) is 25.1. The molecule has 0 aromatic rings. The fourth-order valence-electron chi connectivity index (χ4n) is 2.40. The van der Waals surface area contributed by atoms with Crippen molar-refractivity contribution in [2.45, 2.75) is 24.9 Å². The predicted octanol–water partition coefficient (Wildman–Crippen LogP) is -2.35. The van der Waals surface area contributed by atoms with Crippen LogP contribution in [-0.4, -0.2) is 72.6 Å². The van der Waals surface area contributed by atoms with Crippen molar-refractivity contribution in [3.63, 3.8) is 0 Å². The van der Waals surface area contributed by atoms with E-state index in [0.717, 1.165) is 11.2 Å². The molecule has 0 radical (unpaired) electrons. The molecule has 0 aromatic carbocycles. The average molecular weight is 358 g/mol. The van der Waals surface area contributed by atoms with Crippen molar-refractivity contribution in [1.29, 1.82) is 0 Å². The number of sulfonamides is 1. The van der Waals surface area contributed by atoms with E-state index in [4.69, 9.17) is 10.4 Å². The number of hydrogen-bond donors (Lipinski definition) is 2. The second kappa shape index (κ2) is 5.31. The number of piperidine rings is 1. The summed E-state index contributed by atoms with van der Waals surface area (Å²) in [6.07, 6.45) is 0.978. The number of hydrazine groups is 1. The lowest BCUT2D eigenvalue weighted by atomic mass is 10.0. The number of nitrogens with two attached hydrogens (primary N) is 1. The first kappa shape index (κ1) is 16.9. The van der Waals surface area contributed by atoms with E-state index < -0.39 is 44.4 Å². The Hall–Kier alpha value is -1.48. The molecular weight excluding hydrogens is 344 g/mol. The van der Waals surface area contributed by atoms with Crippen molar-refractivity contribution in [3.05, 3.63) is 0 Å². The molecule has 2 atom stereocenters. The van der Waals surface area contributed by atoms with Crippen molar-refractivity contribution >= 4 is 32.4 Å². The molecule has 22 heavy (non-hydrogen) atoms. The Kier molecular flexibility index (Phi) is 4.07. The zero-order valence-corrected chi connectivity index (χ0v) is 12.9. The van der Waals surface area contributed by atoms with Crippen molar-refractivity contribution in [1.82, 2.24) is 14.4 Å². The van der Waals surface area contributed by atoms with Crippen LogP contribution in [0.15, 0.2) is 0 Å². The fourth-order valence-corrected chi connectivity index (χ4v) is 3.24. The van der Waals surface area contributed by atoms with E-state index in [1.165, 1.54) is 0 Å². The monoisotopic (exact) mass is 358 g/mol. The number of hydrogen-bond acceptors (Lipinski definition) is 8. The van der Waals surface area contributed by atoms with Gasteiger partial charge in [0.2, 0.25) is 10.0 Å². The van der Waals surface area contributed by atoms with E-state index in [0.29, 0.717) is 5.06 Å². The van der Waals surface area contributed by atoms with Gasteiger partial charge >= 0.3 is 16.4 Å². The van der Waals surface area contributed by atoms with Crippen LogP contribution in [-0.2, 0) is 29.5 Å². The normalized spacial score (nSPS) is 25.5. The molecule has 2 aliphatic rings. The second-order valence-electron chi connectivity index (χ2n) is 4.91. The van der Waals surface area contributed by atoms with Crippen LogP contribution < -0.4 is 5.84 Å². The standard InChI is InChI=1S/C8H14N4O8S2/c1-21(15,16)12(9)7(13)6-3-2-5-4-10(6)8(14)11(5)20-22(17,18)19/h5-6H,2-4,9H2,1H3,(H,17,18,19). The number of carbonyl (C=O) groups is 2. The minimum absolute atomic E-state index is 0.0393. The van der Waals surface area contributed by atoms with E-state index in [1.807, 2.05) is 0 Å². The molecule has 14 heteroatoms. The van der Waals surface area contributed by atoms with E-state index >= 15 is 0 Å². The van der Waals surface area contributed by atoms with Gasteiger partial charge < -0.3 is 4.90 Å². The van der Waals surface area contributed by atoms with Crippen LogP contribution in [0.25, 0.3) is 0 Å². The van der Waals surface area contributed by atoms with Gasteiger partial charge in [-0.2, -0.15) is 17.9 Å². The van der Waals surface area contributed by atoms with Crippen LogP contribution in [0.1, 0.15) is 12.8 Å². The number of hydroxylamine groups is 2. The number of nitrogens with zero attached hydrogens (tertiary/aromatic N) is 3. The number of urea groups is 1. The average Bonchev–Trinajstić information content (AvgIpc) is 2.60. The first-order chi connectivity index (χ1) is 9.92. The highest BCUT2D eigenvalue weighted by atomic mass is 32.3. The molecular formula is C8H14N4O8S2. The Morgan fingerprint density at radius 1 is 1.36 bits per heavy atom. The molecule has 0 aromatic heterocycles. The third kappa shape index (κ3) is 3.14. The molecule has 3 N–H and O–H groups in total. The first-order valence-corrected chi connectivity index (χ1v) is 9.19. The Balaban J connectivity index is 2.21. The lowest BCUT2D eigenvalue weighted by Gasteiger charge is -2.31. The van der Waals surface area contributed by atoms with Crippen LogP contribution in [0.4, 0.5) is 4.79 Å². The highest BCUT2D eigenvalue weighted by Gasteiger charge is 2.50. The zero-order valence-electron chi connectivity index (χ0n) is 11.3. The van der Waals surface area contributed by atoms with Gasteiger partial charge in [0.1, 0.15) is 6.04 Å². The van der Waals surface area contributed by atoms with Crippen molar-refractivity contribution < 1.29 is 35.3 Å². The molecule has 2 fully saturated rings. The van der Waals surface area contributed by atoms with E-state index in [-0.39, 0.29) is 23.8 Å². The summed E-state index contributed by atoms with van der Waals surface area (Å²) in [6, 6.07) is -2.80. The Morgan fingerprint density at radius 3 is 2.45 bits per heavy atom. The molecule has 126 valence electrons. The van der Waals surface area contributed by atoms with Crippen molar-refractivity contribution in [2.24, 2.45) is 5.84 Å². The van der Waals surface area contributed by atoms with Crippen molar-refractivity contribution in [2.75, 3.05) is 12.8 Å². The number of rotatable bonds is 4. The van der Waals surface area contributed by atoms with Crippen LogP contribution in [0.3, 0.4) is 0 Å². The van der Waals surface area contributed by atoms with Crippen LogP contribution in [0.2, 0.25) is 0 Å². The van der Waals surface area contributed by atoms with E-state index in [2.05, 4.69) is 4.28 Å². The van der Waals surface area contributed by atoms with E-state index in [1.54, 1.807) is 0 Å². The van der Waals surface area contributed by atoms with Crippen LogP contribution in [0.5, 0.6) is 0 Å². The van der Waals surface area contributed by atoms with Gasteiger partial charge in [-0.15, -0.1) is 4.28 Å². The summed E-state index contributed by atoms with van der Waals surface area (Å²) in [5, 5.41) is 0.448. The summed E-state index contributed by atoms with van der Waals surface area (Å²) in [7, 11) is -8.88. The minimum Gasteiger partial charge on any atom is -0.309 e. The summed E-state index contributed by atoms with van der Waals surface area (Å²) in [6.45, 7) is -0.0532. The lowest BCUT2D eigenvalue weighted by Crippen LogP contribution is -2.54. The van der Waals surface area contributed by atoms with Gasteiger partial charge in [-0.25, -0.2) is 19.1 Å². The molecule has 0 spiro atoms.